The molecular weight excluding hydrogens is 198 g/mol. The lowest BCUT2D eigenvalue weighted by atomic mass is 10.6. The first kappa shape index (κ1) is 9.31. The number of aromatic amines is 2. The molecule has 0 saturated heterocycles. The van der Waals surface area contributed by atoms with Crippen LogP contribution in [0.4, 0.5) is 5.95 Å². The minimum Gasteiger partial charge on any atom is -0.315 e. The summed E-state index contributed by atoms with van der Waals surface area (Å²) in [5.41, 5.74) is 0.343. The van der Waals surface area contributed by atoms with E-state index in [9.17, 15) is 4.79 Å². The summed E-state index contributed by atoms with van der Waals surface area (Å²) >= 11 is 0. The van der Waals surface area contributed by atoms with Gasteiger partial charge in [-0.15, -0.1) is 0 Å². The van der Waals surface area contributed by atoms with Crippen molar-refractivity contribution in [2.45, 2.75) is 0 Å². The second-order valence-electron chi connectivity index (χ2n) is 3.03. The van der Waals surface area contributed by atoms with Crippen LogP contribution in [0.3, 0.4) is 0 Å². The molecule has 0 bridgehead atoms. The van der Waals surface area contributed by atoms with Crippen molar-refractivity contribution in [3.05, 3.63) is 16.7 Å². The van der Waals surface area contributed by atoms with Crippen LogP contribution in [0.1, 0.15) is 0 Å². The maximum absolute atomic E-state index is 11.3. The van der Waals surface area contributed by atoms with Gasteiger partial charge in [-0.25, -0.2) is 4.98 Å². The molecule has 2 aromatic heterocycles. The predicted molar refractivity (Wildman–Crippen MR) is 52.7 cm³/mol. The predicted octanol–water partition coefficient (Wildman–Crippen LogP) is 0.206. The van der Waals surface area contributed by atoms with E-state index < -0.39 is 0 Å². The zero-order valence-corrected chi connectivity index (χ0v) is 8.22. The van der Waals surface area contributed by atoms with Crippen molar-refractivity contribution in [3.8, 4) is 0 Å². The number of rotatable bonds is 2. The molecule has 0 saturated carbocycles. The van der Waals surface area contributed by atoms with Crippen LogP contribution in [0.5, 0.6) is 0 Å². The monoisotopic (exact) mass is 207 g/mol. The van der Waals surface area contributed by atoms with E-state index in [1.165, 1.54) is 11.3 Å². The zero-order valence-electron chi connectivity index (χ0n) is 8.22. The molecule has 0 fully saturated rings. The number of hydrogen-bond acceptors (Lipinski definition) is 5. The molecule has 0 amide bonds. The van der Waals surface area contributed by atoms with Gasteiger partial charge in [-0.05, 0) is 0 Å². The van der Waals surface area contributed by atoms with Crippen LogP contribution < -0.4 is 5.56 Å². The molecule has 78 valence electrons. The van der Waals surface area contributed by atoms with Crippen molar-refractivity contribution >= 4 is 17.1 Å². The molecule has 0 radical (unpaired) electrons. The van der Waals surface area contributed by atoms with Crippen LogP contribution in [0.15, 0.2) is 21.5 Å². The van der Waals surface area contributed by atoms with Gasteiger partial charge in [0.25, 0.3) is 11.5 Å². The Morgan fingerprint density at radius 2 is 2.27 bits per heavy atom. The maximum Gasteiger partial charge on any atom is 0.276 e. The van der Waals surface area contributed by atoms with Crippen molar-refractivity contribution in [1.82, 2.24) is 24.9 Å². The highest BCUT2D eigenvalue weighted by Gasteiger charge is 2.05. The number of hydrogen-bond donors (Lipinski definition) is 2. The lowest BCUT2D eigenvalue weighted by molar-refractivity contribution is 0.407. The van der Waals surface area contributed by atoms with Gasteiger partial charge in [0.1, 0.15) is 0 Å². The second-order valence-corrected chi connectivity index (χ2v) is 3.03. The highest BCUT2D eigenvalue weighted by molar-refractivity contribution is 5.70. The zero-order chi connectivity index (χ0) is 10.8. The Balaban J connectivity index is 2.48. The van der Waals surface area contributed by atoms with Crippen molar-refractivity contribution in [2.24, 2.45) is 10.3 Å². The molecule has 2 heterocycles. The summed E-state index contributed by atoms with van der Waals surface area (Å²) < 4.78 is 0. The van der Waals surface area contributed by atoms with Gasteiger partial charge >= 0.3 is 0 Å². The lowest BCUT2D eigenvalue weighted by Crippen LogP contribution is -2.05. The van der Waals surface area contributed by atoms with Crippen LogP contribution in [0, 0.1) is 0 Å². The Morgan fingerprint density at radius 1 is 1.47 bits per heavy atom. The molecule has 2 rings (SSSR count). The van der Waals surface area contributed by atoms with E-state index in [1.54, 1.807) is 14.1 Å². The van der Waals surface area contributed by atoms with E-state index in [-0.39, 0.29) is 11.5 Å². The average molecular weight is 207 g/mol. The highest BCUT2D eigenvalue weighted by atomic mass is 16.1. The molecule has 2 aromatic rings. The third kappa shape index (κ3) is 1.82. The van der Waals surface area contributed by atoms with Crippen LogP contribution in [0.25, 0.3) is 11.2 Å². The van der Waals surface area contributed by atoms with Crippen molar-refractivity contribution < 1.29 is 0 Å². The molecule has 8 heteroatoms. The normalized spacial score (nSPS) is 11.3. The fourth-order valence-corrected chi connectivity index (χ4v) is 1.01. The molecule has 0 aromatic carbocycles. The topological polar surface area (TPSA) is 102 Å². The summed E-state index contributed by atoms with van der Waals surface area (Å²) in [6.45, 7) is 0. The van der Waals surface area contributed by atoms with Gasteiger partial charge < -0.3 is 9.97 Å². The van der Waals surface area contributed by atoms with Gasteiger partial charge in [0.2, 0.25) is 0 Å². The number of aromatic nitrogens is 4. The van der Waals surface area contributed by atoms with Crippen LogP contribution >= 0.6 is 0 Å². The van der Waals surface area contributed by atoms with Crippen LogP contribution in [-0.4, -0.2) is 39.0 Å². The Hall–Kier alpha value is -2.25. The summed E-state index contributed by atoms with van der Waals surface area (Å²) in [7, 11) is 3.47. The molecule has 15 heavy (non-hydrogen) atoms. The third-order valence-electron chi connectivity index (χ3n) is 1.60. The fourth-order valence-electron chi connectivity index (χ4n) is 1.01. The van der Waals surface area contributed by atoms with E-state index in [1.807, 2.05) is 0 Å². The van der Waals surface area contributed by atoms with Crippen molar-refractivity contribution in [3.63, 3.8) is 0 Å². The smallest absolute Gasteiger partial charge is 0.276 e. The number of H-pyrrole nitrogens is 2. The molecule has 0 atom stereocenters. The second kappa shape index (κ2) is 3.48. The van der Waals surface area contributed by atoms with E-state index >= 15 is 0 Å². The molecule has 8 nitrogen and oxygen atoms in total. The summed E-state index contributed by atoms with van der Waals surface area (Å²) in [6.07, 6.45) is 1.29. The number of imidazole rings is 1. The molecule has 0 aliphatic rings. The average Bonchev–Trinajstić information content (AvgIpc) is 2.59. The first-order valence-electron chi connectivity index (χ1n) is 4.19. The largest absolute Gasteiger partial charge is 0.315 e. The Labute approximate surface area is 84.0 Å². The first-order chi connectivity index (χ1) is 7.16. The standard InChI is InChI=1S/C7H9N7O/c1-14(2)13-12-7-10-4-5(11-7)8-3-9-6(4)15/h3H,1-2H3,(H2,8,9,10,11,15)/b13-12+. The van der Waals surface area contributed by atoms with Crippen molar-refractivity contribution in [2.75, 3.05) is 14.1 Å². The van der Waals surface area contributed by atoms with Crippen LogP contribution in [-0.2, 0) is 0 Å². The maximum atomic E-state index is 11.3. The molecular formula is C7H9N7O. The SMILES string of the molecule is CN(C)/N=N/c1nc2nc[nH]c(=O)c2[nH]1. The number of nitrogens with one attached hydrogen (secondary N) is 2. The fraction of sp³-hybridized carbons (Fsp3) is 0.286. The minimum absolute atomic E-state index is 0.253. The molecule has 0 unspecified atom stereocenters. The lowest BCUT2D eigenvalue weighted by Gasteiger charge is -1.97. The first-order valence-corrected chi connectivity index (χ1v) is 4.19. The van der Waals surface area contributed by atoms with Gasteiger partial charge in [-0.2, -0.15) is 4.98 Å². The molecule has 0 aliphatic heterocycles. The van der Waals surface area contributed by atoms with E-state index in [0.717, 1.165) is 0 Å². The molecule has 2 N–H and O–H groups in total. The quantitative estimate of drug-likeness (QED) is 0.542. The van der Waals surface area contributed by atoms with E-state index in [4.69, 9.17) is 0 Å². The summed E-state index contributed by atoms with van der Waals surface area (Å²) in [6, 6.07) is 0. The van der Waals surface area contributed by atoms with Gasteiger partial charge in [-0.3, -0.25) is 9.80 Å². The van der Waals surface area contributed by atoms with Gasteiger partial charge in [0.05, 0.1) is 6.33 Å². The van der Waals surface area contributed by atoms with Gasteiger partial charge in [0.15, 0.2) is 11.2 Å². The Bertz CT molecular complexity index is 552. The van der Waals surface area contributed by atoms with Gasteiger partial charge in [-0.1, -0.05) is 10.3 Å². The van der Waals surface area contributed by atoms with Crippen LogP contribution in [0.2, 0.25) is 0 Å². The number of nitrogens with zero attached hydrogens (tertiary/aromatic N) is 5. The van der Waals surface area contributed by atoms with Crippen molar-refractivity contribution in [1.29, 1.82) is 0 Å². The Kier molecular flexibility index (Phi) is 2.16. The molecule has 0 aliphatic carbocycles. The summed E-state index contributed by atoms with van der Waals surface area (Å²) in [4.78, 5) is 24.3. The molecule has 0 spiro atoms. The minimum atomic E-state index is -0.279. The van der Waals surface area contributed by atoms with Gasteiger partial charge in [0, 0.05) is 14.1 Å². The van der Waals surface area contributed by atoms with E-state index in [2.05, 4.69) is 30.3 Å². The third-order valence-corrected chi connectivity index (χ3v) is 1.60. The summed E-state index contributed by atoms with van der Waals surface area (Å²) in [5, 5.41) is 9.04. The Morgan fingerprint density at radius 3 is 2.93 bits per heavy atom. The highest BCUT2D eigenvalue weighted by Crippen LogP contribution is 2.10. The number of fused-ring (bicyclic) bond motifs is 1. The van der Waals surface area contributed by atoms with E-state index in [0.29, 0.717) is 11.2 Å². The summed E-state index contributed by atoms with van der Waals surface area (Å²) in [5.74, 6) is 0.253.